The summed E-state index contributed by atoms with van der Waals surface area (Å²) >= 11 is 11.6. The van der Waals surface area contributed by atoms with Gasteiger partial charge in [-0.05, 0) is 62.0 Å². The third-order valence-electron chi connectivity index (χ3n) is 4.34. The number of hydrogen-bond donors (Lipinski definition) is 1. The molecule has 0 spiro atoms. The summed E-state index contributed by atoms with van der Waals surface area (Å²) in [5.41, 5.74) is 0.793. The van der Waals surface area contributed by atoms with Gasteiger partial charge in [-0.1, -0.05) is 23.7 Å². The molecule has 0 aliphatic carbocycles. The Morgan fingerprint density at radius 3 is 2.42 bits per heavy atom. The van der Waals surface area contributed by atoms with Crippen LogP contribution in [0, 0.1) is 0 Å². The highest BCUT2D eigenvalue weighted by molar-refractivity contribution is 7.80. The highest BCUT2D eigenvalue weighted by Crippen LogP contribution is 2.38. The number of thiocarbonyl (C=S) groups is 1. The summed E-state index contributed by atoms with van der Waals surface area (Å²) in [7, 11) is 2.97. The van der Waals surface area contributed by atoms with E-state index in [0.717, 1.165) is 0 Å². The van der Waals surface area contributed by atoms with Crippen LogP contribution in [0.5, 0.6) is 17.2 Å². The van der Waals surface area contributed by atoms with Crippen molar-refractivity contribution in [2.75, 3.05) is 19.1 Å². The number of rotatable bonds is 6. The Labute approximate surface area is 190 Å². The molecule has 1 aliphatic rings. The maximum absolute atomic E-state index is 13.2. The predicted molar refractivity (Wildman–Crippen MR) is 123 cm³/mol. The minimum absolute atomic E-state index is 0.0343. The third-order valence-corrected chi connectivity index (χ3v) is 4.91. The number of hydrogen-bond acceptors (Lipinski definition) is 6. The van der Waals surface area contributed by atoms with Gasteiger partial charge in [0.2, 0.25) is 0 Å². The highest BCUT2D eigenvalue weighted by atomic mass is 35.5. The van der Waals surface area contributed by atoms with E-state index in [0.29, 0.717) is 33.5 Å². The molecule has 0 bridgehead atoms. The zero-order valence-electron chi connectivity index (χ0n) is 17.4. The van der Waals surface area contributed by atoms with Crippen LogP contribution in [0.1, 0.15) is 19.4 Å². The maximum atomic E-state index is 13.2. The van der Waals surface area contributed by atoms with Crippen LogP contribution in [0.4, 0.5) is 5.69 Å². The van der Waals surface area contributed by atoms with Crippen LogP contribution in [0.3, 0.4) is 0 Å². The molecular weight excluding hydrogens is 440 g/mol. The molecule has 2 amide bonds. The van der Waals surface area contributed by atoms with Crippen LogP contribution >= 0.6 is 23.8 Å². The molecule has 3 rings (SSSR count). The van der Waals surface area contributed by atoms with Crippen molar-refractivity contribution < 1.29 is 23.8 Å². The van der Waals surface area contributed by atoms with Gasteiger partial charge in [0.1, 0.15) is 11.3 Å². The molecule has 162 valence electrons. The van der Waals surface area contributed by atoms with Crippen LogP contribution in [-0.2, 0) is 9.59 Å². The Morgan fingerprint density at radius 1 is 1.10 bits per heavy atom. The van der Waals surface area contributed by atoms with E-state index in [4.69, 9.17) is 38.0 Å². The molecule has 1 fully saturated rings. The second kappa shape index (κ2) is 9.36. The smallest absolute Gasteiger partial charge is 0.270 e. The molecule has 7 nitrogen and oxygen atoms in total. The van der Waals surface area contributed by atoms with Gasteiger partial charge in [0.05, 0.1) is 31.0 Å². The summed E-state index contributed by atoms with van der Waals surface area (Å²) in [5, 5.41) is 2.80. The molecule has 1 N–H and O–H groups in total. The summed E-state index contributed by atoms with van der Waals surface area (Å²) in [4.78, 5) is 27.0. The Bertz CT molecular complexity index is 1080. The van der Waals surface area contributed by atoms with Crippen LogP contribution in [0.2, 0.25) is 5.02 Å². The van der Waals surface area contributed by atoms with Crippen LogP contribution in [-0.4, -0.2) is 37.3 Å². The van der Waals surface area contributed by atoms with Crippen molar-refractivity contribution in [3.63, 3.8) is 0 Å². The average Bonchev–Trinajstić information content (AvgIpc) is 2.72. The first-order chi connectivity index (χ1) is 14.8. The van der Waals surface area contributed by atoms with Gasteiger partial charge in [-0.2, -0.15) is 0 Å². The van der Waals surface area contributed by atoms with Gasteiger partial charge in [-0.15, -0.1) is 0 Å². The maximum Gasteiger partial charge on any atom is 0.270 e. The molecule has 2 aromatic rings. The van der Waals surface area contributed by atoms with Gasteiger partial charge >= 0.3 is 0 Å². The molecule has 31 heavy (non-hydrogen) atoms. The fraction of sp³-hybridized carbons (Fsp3) is 0.227. The molecule has 1 saturated heterocycles. The largest absolute Gasteiger partial charge is 0.495 e. The second-order valence-electron chi connectivity index (χ2n) is 6.83. The quantitative estimate of drug-likeness (QED) is 0.399. The van der Waals surface area contributed by atoms with Crippen LogP contribution < -0.4 is 24.4 Å². The molecule has 0 aromatic heterocycles. The van der Waals surface area contributed by atoms with Gasteiger partial charge in [0, 0.05) is 0 Å². The first-order valence-electron chi connectivity index (χ1n) is 9.35. The Hall–Kier alpha value is -3.10. The minimum atomic E-state index is -0.612. The van der Waals surface area contributed by atoms with E-state index in [-0.39, 0.29) is 16.8 Å². The molecule has 0 saturated carbocycles. The molecular formula is C22H21ClN2O5S. The summed E-state index contributed by atoms with van der Waals surface area (Å²) in [5.74, 6) is 0.00887. The van der Waals surface area contributed by atoms with Gasteiger partial charge in [0.15, 0.2) is 16.6 Å². The molecule has 9 heteroatoms. The first kappa shape index (κ1) is 22.6. The SMILES string of the molecule is COc1ccccc1N1C(=O)/C(=C/c2cc(Cl)c(OC(C)C)c(OC)c2)C(=O)NC1=S. The van der Waals surface area contributed by atoms with E-state index in [1.165, 1.54) is 25.2 Å². The molecule has 0 radical (unpaired) electrons. The number of carbonyl (C=O) groups is 2. The number of benzene rings is 2. The van der Waals surface area contributed by atoms with Crippen LogP contribution in [0.15, 0.2) is 42.0 Å². The van der Waals surface area contributed by atoms with Gasteiger partial charge in [-0.25, -0.2) is 4.90 Å². The predicted octanol–water partition coefficient (Wildman–Crippen LogP) is 3.98. The van der Waals surface area contributed by atoms with E-state index < -0.39 is 11.8 Å². The monoisotopic (exact) mass is 460 g/mol. The highest BCUT2D eigenvalue weighted by Gasteiger charge is 2.35. The van der Waals surface area contributed by atoms with Crippen molar-refractivity contribution in [1.29, 1.82) is 0 Å². The molecule has 0 unspecified atom stereocenters. The fourth-order valence-corrected chi connectivity index (χ4v) is 3.57. The van der Waals surface area contributed by atoms with Crippen molar-refractivity contribution in [1.82, 2.24) is 5.32 Å². The summed E-state index contributed by atoms with van der Waals surface area (Å²) in [6, 6.07) is 10.1. The van der Waals surface area contributed by atoms with E-state index in [1.807, 2.05) is 13.8 Å². The average molecular weight is 461 g/mol. The van der Waals surface area contributed by atoms with Crippen molar-refractivity contribution >= 4 is 52.5 Å². The van der Waals surface area contributed by atoms with Gasteiger partial charge in [-0.3, -0.25) is 14.9 Å². The molecule has 2 aromatic carbocycles. The summed E-state index contributed by atoms with van der Waals surface area (Å²) in [6.07, 6.45) is 1.31. The lowest BCUT2D eigenvalue weighted by Gasteiger charge is -2.29. The number of anilines is 1. The number of ether oxygens (including phenoxy) is 3. The second-order valence-corrected chi connectivity index (χ2v) is 7.62. The lowest BCUT2D eigenvalue weighted by Crippen LogP contribution is -2.54. The fourth-order valence-electron chi connectivity index (χ4n) is 3.03. The standard InChI is InChI=1S/C22H21ClN2O5S/c1-12(2)30-19-15(23)10-13(11-18(19)29-4)9-14-20(26)24-22(31)25(21(14)27)16-7-5-6-8-17(16)28-3/h5-12H,1-4H3,(H,24,26,31)/b14-9+. The Morgan fingerprint density at radius 2 is 1.77 bits per heavy atom. The lowest BCUT2D eigenvalue weighted by molar-refractivity contribution is -0.122. The van der Waals surface area contributed by atoms with E-state index in [2.05, 4.69) is 5.32 Å². The molecule has 1 aliphatic heterocycles. The van der Waals surface area contributed by atoms with Crippen molar-refractivity contribution in [2.24, 2.45) is 0 Å². The molecule has 1 heterocycles. The van der Waals surface area contributed by atoms with Crippen molar-refractivity contribution in [3.8, 4) is 17.2 Å². The van der Waals surface area contributed by atoms with Gasteiger partial charge < -0.3 is 14.2 Å². The number of halogens is 1. The van der Waals surface area contributed by atoms with E-state index >= 15 is 0 Å². The van der Waals surface area contributed by atoms with Crippen LogP contribution in [0.25, 0.3) is 6.08 Å². The number of carbonyl (C=O) groups excluding carboxylic acids is 2. The zero-order valence-corrected chi connectivity index (χ0v) is 19.0. The van der Waals surface area contributed by atoms with Gasteiger partial charge in [0.25, 0.3) is 11.8 Å². The number of methoxy groups -OCH3 is 2. The van der Waals surface area contributed by atoms with Crippen molar-refractivity contribution in [2.45, 2.75) is 20.0 Å². The third kappa shape index (κ3) is 4.65. The summed E-state index contributed by atoms with van der Waals surface area (Å²) < 4.78 is 16.4. The number of nitrogens with zero attached hydrogens (tertiary/aromatic N) is 1. The summed E-state index contributed by atoms with van der Waals surface area (Å²) in [6.45, 7) is 3.73. The Kier molecular flexibility index (Phi) is 6.82. The van der Waals surface area contributed by atoms with Crippen molar-refractivity contribution in [3.05, 3.63) is 52.6 Å². The minimum Gasteiger partial charge on any atom is -0.495 e. The Balaban J connectivity index is 2.05. The normalized spacial score (nSPS) is 15.4. The molecule has 0 atom stereocenters. The number of nitrogens with one attached hydrogen (secondary N) is 1. The number of amides is 2. The number of para-hydroxylation sites is 2. The zero-order chi connectivity index (χ0) is 22.7. The topological polar surface area (TPSA) is 77.1 Å². The van der Waals surface area contributed by atoms with E-state index in [1.54, 1.807) is 36.4 Å². The first-order valence-corrected chi connectivity index (χ1v) is 10.1. The lowest BCUT2D eigenvalue weighted by atomic mass is 10.1. The van der Waals surface area contributed by atoms with E-state index in [9.17, 15) is 9.59 Å².